The molecule has 1 atom stereocenters. The van der Waals surface area contributed by atoms with Crippen molar-refractivity contribution in [2.75, 3.05) is 34.9 Å². The van der Waals surface area contributed by atoms with Gasteiger partial charge in [0.25, 0.3) is 5.91 Å². The predicted octanol–water partition coefficient (Wildman–Crippen LogP) is 3.69. The second kappa shape index (κ2) is 8.95. The van der Waals surface area contributed by atoms with E-state index in [0.29, 0.717) is 28.1 Å². The normalized spacial score (nSPS) is 16.7. The van der Waals surface area contributed by atoms with Crippen LogP contribution in [0.1, 0.15) is 34.8 Å². The molecule has 0 aromatic heterocycles. The van der Waals surface area contributed by atoms with E-state index in [4.69, 9.17) is 9.47 Å². The van der Waals surface area contributed by atoms with Crippen molar-refractivity contribution in [3.05, 3.63) is 52.0 Å². The summed E-state index contributed by atoms with van der Waals surface area (Å²) < 4.78 is 37.7. The van der Waals surface area contributed by atoms with Gasteiger partial charge in [0.1, 0.15) is 11.5 Å². The van der Waals surface area contributed by atoms with Crippen LogP contribution in [0.25, 0.3) is 0 Å². The standard InChI is InChI=1S/C21H25BrN2O5S/c1-23(2)30(26,27)20-12-14(7-9-17(20)22)21(25)24-11-5-6-18(24)16-13-15(28-3)8-10-19(16)29-4/h7-10,12-13,18H,5-6,11H2,1-4H3. The smallest absolute Gasteiger partial charge is 0.254 e. The van der Waals surface area contributed by atoms with E-state index in [-0.39, 0.29) is 16.8 Å². The van der Waals surface area contributed by atoms with Crippen molar-refractivity contribution in [1.29, 1.82) is 0 Å². The lowest BCUT2D eigenvalue weighted by molar-refractivity contribution is 0.0733. The lowest BCUT2D eigenvalue weighted by Gasteiger charge is -2.27. The maximum Gasteiger partial charge on any atom is 0.254 e. The third-order valence-corrected chi connectivity index (χ3v) is 8.06. The van der Waals surface area contributed by atoms with Crippen LogP contribution >= 0.6 is 15.9 Å². The molecule has 30 heavy (non-hydrogen) atoms. The summed E-state index contributed by atoms with van der Waals surface area (Å²) in [6, 6.07) is 10.0. The highest BCUT2D eigenvalue weighted by Gasteiger charge is 2.33. The lowest BCUT2D eigenvalue weighted by atomic mass is 10.0. The maximum absolute atomic E-state index is 13.4. The number of hydrogen-bond acceptors (Lipinski definition) is 5. The van der Waals surface area contributed by atoms with E-state index in [1.54, 1.807) is 31.3 Å². The van der Waals surface area contributed by atoms with E-state index in [0.717, 1.165) is 22.7 Å². The number of carbonyl (C=O) groups is 1. The minimum atomic E-state index is -3.69. The largest absolute Gasteiger partial charge is 0.497 e. The Balaban J connectivity index is 2.00. The monoisotopic (exact) mass is 496 g/mol. The van der Waals surface area contributed by atoms with Crippen molar-refractivity contribution < 1.29 is 22.7 Å². The molecule has 1 aliphatic rings. The summed E-state index contributed by atoms with van der Waals surface area (Å²) >= 11 is 3.29. The fourth-order valence-electron chi connectivity index (χ4n) is 3.63. The summed E-state index contributed by atoms with van der Waals surface area (Å²) in [4.78, 5) is 15.2. The molecule has 1 unspecified atom stereocenters. The Kier molecular flexibility index (Phi) is 6.74. The van der Waals surface area contributed by atoms with E-state index in [9.17, 15) is 13.2 Å². The van der Waals surface area contributed by atoms with Crippen molar-refractivity contribution in [1.82, 2.24) is 9.21 Å². The van der Waals surface area contributed by atoms with Gasteiger partial charge in [0, 0.05) is 36.2 Å². The van der Waals surface area contributed by atoms with Crippen LogP contribution in [0.15, 0.2) is 45.8 Å². The number of benzene rings is 2. The third kappa shape index (κ3) is 4.19. The van der Waals surface area contributed by atoms with Gasteiger partial charge in [-0.2, -0.15) is 0 Å². The Morgan fingerprint density at radius 3 is 2.50 bits per heavy atom. The lowest BCUT2D eigenvalue weighted by Crippen LogP contribution is -2.31. The summed E-state index contributed by atoms with van der Waals surface area (Å²) in [6.07, 6.45) is 1.63. The molecule has 0 bridgehead atoms. The minimum Gasteiger partial charge on any atom is -0.497 e. The van der Waals surface area contributed by atoms with E-state index in [1.165, 1.54) is 20.2 Å². The van der Waals surface area contributed by atoms with Crippen LogP contribution in [0.4, 0.5) is 0 Å². The molecule has 0 aliphatic carbocycles. The molecule has 7 nitrogen and oxygen atoms in total. The molecular formula is C21H25BrN2O5S. The topological polar surface area (TPSA) is 76.1 Å². The highest BCUT2D eigenvalue weighted by molar-refractivity contribution is 9.10. The molecule has 0 spiro atoms. The van der Waals surface area contributed by atoms with Gasteiger partial charge >= 0.3 is 0 Å². The SMILES string of the molecule is COc1ccc(OC)c(C2CCCN2C(=O)c2ccc(Br)c(S(=O)(=O)N(C)C)c2)c1. The van der Waals surface area contributed by atoms with E-state index in [2.05, 4.69) is 15.9 Å². The van der Waals surface area contributed by atoms with Crippen LogP contribution < -0.4 is 9.47 Å². The average Bonchev–Trinajstić information content (AvgIpc) is 3.22. The summed E-state index contributed by atoms with van der Waals surface area (Å²) in [7, 11) is 2.42. The minimum absolute atomic E-state index is 0.0630. The Morgan fingerprint density at radius 1 is 1.13 bits per heavy atom. The van der Waals surface area contributed by atoms with Gasteiger partial charge in [-0.15, -0.1) is 0 Å². The van der Waals surface area contributed by atoms with Crippen LogP contribution in [-0.4, -0.2) is 58.4 Å². The summed E-state index contributed by atoms with van der Waals surface area (Å²) in [5.41, 5.74) is 1.20. The van der Waals surface area contributed by atoms with Crippen LogP contribution in [-0.2, 0) is 10.0 Å². The third-order valence-electron chi connectivity index (χ3n) is 5.25. The molecule has 3 rings (SSSR count). The molecule has 1 heterocycles. The fraction of sp³-hybridized carbons (Fsp3) is 0.381. The molecule has 0 radical (unpaired) electrons. The molecule has 0 N–H and O–H groups in total. The Morgan fingerprint density at radius 2 is 1.87 bits per heavy atom. The number of carbonyl (C=O) groups excluding carboxylic acids is 1. The number of sulfonamides is 1. The van der Waals surface area contributed by atoms with E-state index in [1.807, 2.05) is 18.2 Å². The number of hydrogen-bond donors (Lipinski definition) is 0. The van der Waals surface area contributed by atoms with Crippen LogP contribution in [0, 0.1) is 0 Å². The molecule has 162 valence electrons. The Hall–Kier alpha value is -2.10. The van der Waals surface area contributed by atoms with Gasteiger partial charge in [0.05, 0.1) is 25.2 Å². The Bertz CT molecular complexity index is 1060. The van der Waals surface area contributed by atoms with Crippen molar-refractivity contribution in [3.8, 4) is 11.5 Å². The van der Waals surface area contributed by atoms with Gasteiger partial charge in [-0.3, -0.25) is 4.79 Å². The molecule has 9 heteroatoms. The highest BCUT2D eigenvalue weighted by atomic mass is 79.9. The zero-order valence-corrected chi connectivity index (χ0v) is 19.8. The molecule has 1 aliphatic heterocycles. The van der Waals surface area contributed by atoms with Gasteiger partial charge in [0.15, 0.2) is 0 Å². The average molecular weight is 497 g/mol. The van der Waals surface area contributed by atoms with Crippen molar-refractivity contribution in [2.45, 2.75) is 23.8 Å². The first-order valence-corrected chi connectivity index (χ1v) is 11.7. The predicted molar refractivity (Wildman–Crippen MR) is 118 cm³/mol. The van der Waals surface area contributed by atoms with Gasteiger partial charge in [-0.1, -0.05) is 0 Å². The molecule has 1 saturated heterocycles. The fourth-order valence-corrected chi connectivity index (χ4v) is 5.47. The van der Waals surface area contributed by atoms with Crippen molar-refractivity contribution in [2.24, 2.45) is 0 Å². The number of ether oxygens (including phenoxy) is 2. The number of nitrogens with zero attached hydrogens (tertiary/aromatic N) is 2. The first kappa shape index (κ1) is 22.6. The summed E-state index contributed by atoms with van der Waals surface area (Å²) in [5.74, 6) is 1.16. The number of amides is 1. The first-order valence-electron chi connectivity index (χ1n) is 9.45. The number of rotatable bonds is 6. The van der Waals surface area contributed by atoms with Crippen LogP contribution in [0.5, 0.6) is 11.5 Å². The number of halogens is 1. The zero-order valence-electron chi connectivity index (χ0n) is 17.4. The van der Waals surface area contributed by atoms with Crippen LogP contribution in [0.3, 0.4) is 0 Å². The quantitative estimate of drug-likeness (QED) is 0.609. The maximum atomic E-state index is 13.4. The molecular weight excluding hydrogens is 472 g/mol. The van der Waals surface area contributed by atoms with Crippen LogP contribution in [0.2, 0.25) is 0 Å². The van der Waals surface area contributed by atoms with Gasteiger partial charge in [-0.05, 0) is 65.2 Å². The number of likely N-dealkylation sites (tertiary alicyclic amines) is 1. The van der Waals surface area contributed by atoms with Crippen molar-refractivity contribution >= 4 is 31.9 Å². The second-order valence-corrected chi connectivity index (χ2v) is 10.2. The van der Waals surface area contributed by atoms with Gasteiger partial charge < -0.3 is 14.4 Å². The zero-order chi connectivity index (χ0) is 22.1. The molecule has 2 aromatic carbocycles. The molecule has 1 fully saturated rings. The molecule has 1 amide bonds. The second-order valence-electron chi connectivity index (χ2n) is 7.20. The summed E-state index contributed by atoms with van der Waals surface area (Å²) in [5, 5.41) is 0. The molecule has 0 saturated carbocycles. The number of methoxy groups -OCH3 is 2. The molecule has 2 aromatic rings. The Labute approximate surface area is 185 Å². The summed E-state index contributed by atoms with van der Waals surface area (Å²) in [6.45, 7) is 0.579. The van der Waals surface area contributed by atoms with Gasteiger partial charge in [-0.25, -0.2) is 12.7 Å². The van der Waals surface area contributed by atoms with E-state index >= 15 is 0 Å². The van der Waals surface area contributed by atoms with E-state index < -0.39 is 10.0 Å². The van der Waals surface area contributed by atoms with Gasteiger partial charge in [0.2, 0.25) is 10.0 Å². The van der Waals surface area contributed by atoms with Crippen molar-refractivity contribution in [3.63, 3.8) is 0 Å². The first-order chi connectivity index (χ1) is 14.2. The highest BCUT2D eigenvalue weighted by Crippen LogP contribution is 2.40.